The normalized spacial score (nSPS) is 10.0. The second-order valence-electron chi connectivity index (χ2n) is 2.88. The van der Waals surface area contributed by atoms with Gasteiger partial charge < -0.3 is 16.4 Å². The SMILES string of the molecule is CCN(CC(N)=O)c1nc(N)ncc1F. The van der Waals surface area contributed by atoms with Crippen LogP contribution in [0.15, 0.2) is 6.20 Å². The van der Waals surface area contributed by atoms with Crippen LogP contribution in [0.4, 0.5) is 16.2 Å². The van der Waals surface area contributed by atoms with Crippen LogP contribution >= 0.6 is 0 Å². The van der Waals surface area contributed by atoms with Gasteiger partial charge in [-0.25, -0.2) is 9.37 Å². The summed E-state index contributed by atoms with van der Waals surface area (Å²) >= 11 is 0. The van der Waals surface area contributed by atoms with Crippen molar-refractivity contribution in [1.29, 1.82) is 0 Å². The van der Waals surface area contributed by atoms with Gasteiger partial charge in [0.25, 0.3) is 0 Å². The summed E-state index contributed by atoms with van der Waals surface area (Å²) in [4.78, 5) is 19.3. The number of nitrogens with two attached hydrogens (primary N) is 2. The number of hydrogen-bond donors (Lipinski definition) is 2. The van der Waals surface area contributed by atoms with Gasteiger partial charge in [0.2, 0.25) is 11.9 Å². The molecule has 0 aromatic carbocycles. The quantitative estimate of drug-likeness (QED) is 0.703. The van der Waals surface area contributed by atoms with E-state index < -0.39 is 11.7 Å². The molecule has 82 valence electrons. The van der Waals surface area contributed by atoms with Crippen molar-refractivity contribution in [1.82, 2.24) is 9.97 Å². The Bertz CT molecular complexity index is 370. The summed E-state index contributed by atoms with van der Waals surface area (Å²) in [6.07, 6.45) is 0.960. The van der Waals surface area contributed by atoms with Crippen molar-refractivity contribution in [3.05, 3.63) is 12.0 Å². The van der Waals surface area contributed by atoms with E-state index in [1.807, 2.05) is 0 Å². The van der Waals surface area contributed by atoms with Gasteiger partial charge in [-0.05, 0) is 6.92 Å². The van der Waals surface area contributed by atoms with Gasteiger partial charge in [0.05, 0.1) is 12.7 Å². The van der Waals surface area contributed by atoms with Crippen LogP contribution in [-0.2, 0) is 4.79 Å². The summed E-state index contributed by atoms with van der Waals surface area (Å²) in [6, 6.07) is 0. The molecule has 0 aliphatic rings. The predicted molar refractivity (Wildman–Crippen MR) is 53.5 cm³/mol. The highest BCUT2D eigenvalue weighted by Gasteiger charge is 2.14. The zero-order chi connectivity index (χ0) is 11.4. The van der Waals surface area contributed by atoms with Gasteiger partial charge in [-0.3, -0.25) is 4.79 Å². The molecule has 7 heteroatoms. The van der Waals surface area contributed by atoms with Crippen LogP contribution < -0.4 is 16.4 Å². The van der Waals surface area contributed by atoms with Crippen LogP contribution in [0.5, 0.6) is 0 Å². The first-order valence-corrected chi connectivity index (χ1v) is 4.35. The first-order chi connectivity index (χ1) is 7.04. The summed E-state index contributed by atoms with van der Waals surface area (Å²) in [5.41, 5.74) is 10.3. The third-order valence-corrected chi connectivity index (χ3v) is 1.77. The topological polar surface area (TPSA) is 98.1 Å². The summed E-state index contributed by atoms with van der Waals surface area (Å²) in [7, 11) is 0. The molecule has 1 rings (SSSR count). The number of amides is 1. The van der Waals surface area contributed by atoms with Crippen LogP contribution in [0.1, 0.15) is 6.92 Å². The van der Waals surface area contributed by atoms with Crippen molar-refractivity contribution in [3.8, 4) is 0 Å². The van der Waals surface area contributed by atoms with Crippen LogP contribution in [0.3, 0.4) is 0 Å². The maximum atomic E-state index is 13.3. The van der Waals surface area contributed by atoms with E-state index in [-0.39, 0.29) is 18.3 Å². The molecule has 0 aliphatic heterocycles. The standard InChI is InChI=1S/C8H12FN5O/c1-2-14(4-6(10)15)7-5(9)3-12-8(11)13-7/h3H,2,4H2,1H3,(H2,10,15)(H2,11,12,13). The first kappa shape index (κ1) is 11.2. The van der Waals surface area contributed by atoms with Gasteiger partial charge in [-0.1, -0.05) is 0 Å². The number of aromatic nitrogens is 2. The number of carbonyl (C=O) groups is 1. The smallest absolute Gasteiger partial charge is 0.237 e. The van der Waals surface area contributed by atoms with Crippen LogP contribution in [0, 0.1) is 5.82 Å². The van der Waals surface area contributed by atoms with Crippen molar-refractivity contribution in [2.24, 2.45) is 5.73 Å². The minimum Gasteiger partial charge on any atom is -0.368 e. The van der Waals surface area contributed by atoms with Gasteiger partial charge in [0, 0.05) is 6.54 Å². The van der Waals surface area contributed by atoms with E-state index in [9.17, 15) is 9.18 Å². The van der Waals surface area contributed by atoms with Crippen molar-refractivity contribution in [3.63, 3.8) is 0 Å². The lowest BCUT2D eigenvalue weighted by Crippen LogP contribution is -2.35. The molecule has 6 nitrogen and oxygen atoms in total. The molecule has 1 aromatic rings. The van der Waals surface area contributed by atoms with Crippen LogP contribution in [-0.4, -0.2) is 29.0 Å². The molecule has 0 bridgehead atoms. The highest BCUT2D eigenvalue weighted by molar-refractivity contribution is 5.79. The Morgan fingerprint density at radius 2 is 2.33 bits per heavy atom. The van der Waals surface area contributed by atoms with Gasteiger partial charge in [-0.15, -0.1) is 0 Å². The van der Waals surface area contributed by atoms with E-state index in [0.717, 1.165) is 6.20 Å². The fraction of sp³-hybridized carbons (Fsp3) is 0.375. The average Bonchev–Trinajstić information content (AvgIpc) is 2.18. The Morgan fingerprint density at radius 1 is 1.67 bits per heavy atom. The molecular formula is C8H12FN5O. The molecule has 0 spiro atoms. The zero-order valence-electron chi connectivity index (χ0n) is 8.27. The Kier molecular flexibility index (Phi) is 3.37. The molecule has 4 N–H and O–H groups in total. The first-order valence-electron chi connectivity index (χ1n) is 4.35. The van der Waals surface area contributed by atoms with E-state index in [4.69, 9.17) is 11.5 Å². The van der Waals surface area contributed by atoms with E-state index in [2.05, 4.69) is 9.97 Å². The third kappa shape index (κ3) is 2.76. The molecule has 1 aromatic heterocycles. The molecular weight excluding hydrogens is 201 g/mol. The lowest BCUT2D eigenvalue weighted by Gasteiger charge is -2.20. The number of nitrogen functional groups attached to an aromatic ring is 1. The summed E-state index contributed by atoms with van der Waals surface area (Å²) in [5, 5.41) is 0. The molecule has 0 fully saturated rings. The Balaban J connectivity index is 3.00. The number of nitrogens with zero attached hydrogens (tertiary/aromatic N) is 3. The molecule has 1 amide bonds. The van der Waals surface area contributed by atoms with Crippen LogP contribution in [0.25, 0.3) is 0 Å². The lowest BCUT2D eigenvalue weighted by atomic mass is 10.4. The van der Waals surface area contributed by atoms with Crippen molar-refractivity contribution in [2.45, 2.75) is 6.92 Å². The number of anilines is 2. The number of halogens is 1. The lowest BCUT2D eigenvalue weighted by molar-refractivity contribution is -0.116. The van der Waals surface area contributed by atoms with Crippen molar-refractivity contribution < 1.29 is 9.18 Å². The van der Waals surface area contributed by atoms with Crippen LogP contribution in [0.2, 0.25) is 0 Å². The van der Waals surface area contributed by atoms with Gasteiger partial charge in [-0.2, -0.15) is 4.98 Å². The predicted octanol–water partition coefficient (Wildman–Crippen LogP) is -0.491. The minimum atomic E-state index is -0.632. The maximum Gasteiger partial charge on any atom is 0.237 e. The molecule has 1 heterocycles. The number of primary amides is 1. The van der Waals surface area contributed by atoms with Gasteiger partial charge in [0.15, 0.2) is 11.6 Å². The molecule has 0 atom stereocenters. The van der Waals surface area contributed by atoms with E-state index in [1.165, 1.54) is 4.90 Å². The van der Waals surface area contributed by atoms with E-state index in [0.29, 0.717) is 6.54 Å². The van der Waals surface area contributed by atoms with Crippen molar-refractivity contribution >= 4 is 17.7 Å². The fourth-order valence-corrected chi connectivity index (χ4v) is 1.12. The molecule has 0 radical (unpaired) electrons. The number of likely N-dealkylation sites (N-methyl/N-ethyl adjacent to an activating group) is 1. The largest absolute Gasteiger partial charge is 0.368 e. The number of hydrogen-bond acceptors (Lipinski definition) is 5. The molecule has 15 heavy (non-hydrogen) atoms. The van der Waals surface area contributed by atoms with Gasteiger partial charge in [0.1, 0.15) is 0 Å². The van der Waals surface area contributed by atoms with Gasteiger partial charge >= 0.3 is 0 Å². The van der Waals surface area contributed by atoms with E-state index >= 15 is 0 Å². The second-order valence-corrected chi connectivity index (χ2v) is 2.88. The second kappa shape index (κ2) is 4.54. The summed E-state index contributed by atoms with van der Waals surface area (Å²) in [5.74, 6) is -1.25. The number of rotatable bonds is 4. The van der Waals surface area contributed by atoms with Crippen molar-refractivity contribution in [2.75, 3.05) is 23.7 Å². The monoisotopic (exact) mass is 213 g/mol. The average molecular weight is 213 g/mol. The number of carbonyl (C=O) groups excluding carboxylic acids is 1. The molecule has 0 saturated heterocycles. The fourth-order valence-electron chi connectivity index (χ4n) is 1.12. The molecule has 0 aliphatic carbocycles. The van der Waals surface area contributed by atoms with E-state index in [1.54, 1.807) is 6.92 Å². The molecule has 0 unspecified atom stereocenters. The highest BCUT2D eigenvalue weighted by atomic mass is 19.1. The Labute approximate surface area is 86.1 Å². The summed E-state index contributed by atoms with van der Waals surface area (Å²) < 4.78 is 13.3. The molecule has 0 saturated carbocycles. The minimum absolute atomic E-state index is 0.0104. The summed E-state index contributed by atoms with van der Waals surface area (Å²) in [6.45, 7) is 2.04. The zero-order valence-corrected chi connectivity index (χ0v) is 8.27. The Morgan fingerprint density at radius 3 is 2.87 bits per heavy atom. The Hall–Kier alpha value is -1.92. The maximum absolute atomic E-state index is 13.3. The highest BCUT2D eigenvalue weighted by Crippen LogP contribution is 2.15. The third-order valence-electron chi connectivity index (χ3n) is 1.77.